The average molecular weight is 668 g/mol. The second-order valence-electron chi connectivity index (χ2n) is 12.2. The van der Waals surface area contributed by atoms with E-state index in [9.17, 15) is 0 Å². The first kappa shape index (κ1) is 34.3. The van der Waals surface area contributed by atoms with E-state index in [1.165, 1.54) is 10.4 Å². The summed E-state index contributed by atoms with van der Waals surface area (Å²) in [4.78, 5) is 0. The molecule has 0 radical (unpaired) electrons. The van der Waals surface area contributed by atoms with E-state index in [0.717, 1.165) is 11.1 Å². The van der Waals surface area contributed by atoms with Crippen LogP contribution >= 0.6 is 0 Å². The Hall–Kier alpha value is -1.58. The molecule has 4 aromatic carbocycles. The normalized spacial score (nSPS) is 20.7. The van der Waals surface area contributed by atoms with Crippen LogP contribution in [0.15, 0.2) is 121 Å². The summed E-state index contributed by atoms with van der Waals surface area (Å²) in [5, 5.41) is 2.36. The first-order valence-electron chi connectivity index (χ1n) is 14.9. The Morgan fingerprint density at radius 2 is 1.09 bits per heavy atom. The number of benzene rings is 4. The van der Waals surface area contributed by atoms with Gasteiger partial charge in [-0.15, -0.1) is 5.92 Å². The van der Waals surface area contributed by atoms with Crippen molar-refractivity contribution in [2.24, 2.45) is 5.92 Å². The maximum atomic E-state index is 7.29. The van der Waals surface area contributed by atoms with Gasteiger partial charge in [0.2, 0.25) is 0 Å². The molecule has 222 valence electrons. The van der Waals surface area contributed by atoms with Gasteiger partial charge in [0, 0.05) is 0 Å². The van der Waals surface area contributed by atoms with Crippen molar-refractivity contribution in [1.82, 2.24) is 0 Å². The molecule has 4 aromatic rings. The number of hydrogen-bond acceptors (Lipinski definition) is 4. The topological polar surface area (TPSA) is 36.9 Å². The van der Waals surface area contributed by atoms with E-state index in [0.29, 0.717) is 19.8 Å². The molecule has 6 heteroatoms. The molecular formula is C37H44O4SiSr. The molecule has 0 amide bonds. The van der Waals surface area contributed by atoms with Crippen LogP contribution in [-0.4, -0.2) is 78.7 Å². The molecule has 5 rings (SSSR count). The van der Waals surface area contributed by atoms with Crippen molar-refractivity contribution in [2.45, 2.75) is 64.3 Å². The van der Waals surface area contributed by atoms with E-state index in [4.69, 9.17) is 18.6 Å². The number of hydrogen-bond donors (Lipinski definition) is 0. The van der Waals surface area contributed by atoms with Gasteiger partial charge in [0.05, 0.1) is 32.0 Å². The van der Waals surface area contributed by atoms with E-state index in [1.54, 1.807) is 0 Å². The van der Waals surface area contributed by atoms with Gasteiger partial charge in [0.15, 0.2) is 0 Å². The Kier molecular flexibility index (Phi) is 12.9. The van der Waals surface area contributed by atoms with Crippen LogP contribution in [0.3, 0.4) is 0 Å². The predicted octanol–water partition coefficient (Wildman–Crippen LogP) is 6.66. The van der Waals surface area contributed by atoms with Crippen LogP contribution in [0.5, 0.6) is 0 Å². The van der Waals surface area contributed by atoms with Gasteiger partial charge in [-0.1, -0.05) is 149 Å². The van der Waals surface area contributed by atoms with Gasteiger partial charge in [-0.3, -0.25) is 0 Å². The zero-order chi connectivity index (χ0) is 29.4. The molecule has 2 unspecified atom stereocenters. The van der Waals surface area contributed by atoms with Crippen LogP contribution in [0, 0.1) is 12.5 Å². The minimum absolute atomic E-state index is 0. The number of ether oxygens (including phenoxy) is 3. The third kappa shape index (κ3) is 8.37. The van der Waals surface area contributed by atoms with Crippen LogP contribution in [0.1, 0.15) is 40.2 Å². The van der Waals surface area contributed by atoms with E-state index in [-0.39, 0.29) is 76.2 Å². The second kappa shape index (κ2) is 16.1. The largest absolute Gasteiger partial charge is 2.00 e. The summed E-state index contributed by atoms with van der Waals surface area (Å²) in [6.45, 7) is 12.3. The maximum Gasteiger partial charge on any atom is 2.00 e. The Morgan fingerprint density at radius 1 is 0.674 bits per heavy atom. The van der Waals surface area contributed by atoms with Crippen LogP contribution in [0.2, 0.25) is 5.04 Å². The van der Waals surface area contributed by atoms with Gasteiger partial charge >= 0.3 is 45.5 Å². The minimum Gasteiger partial charge on any atom is -1.00 e. The first-order chi connectivity index (χ1) is 20.4. The van der Waals surface area contributed by atoms with Crippen LogP contribution in [0.4, 0.5) is 0 Å². The molecule has 0 N–H and O–H groups in total. The molecule has 0 bridgehead atoms. The molecule has 0 aliphatic carbocycles. The van der Waals surface area contributed by atoms with E-state index in [2.05, 4.69) is 113 Å². The SMILES string of the molecule is CC1[CH-]OC(CO[Si](c2ccccc2)(c2ccccc2)C(C)(C)C)[C@@H](OCc2ccccc2)[C@H]1OCc1ccccc1.[H-].[Sr+2]. The summed E-state index contributed by atoms with van der Waals surface area (Å²) in [7, 11) is -2.75. The zero-order valence-corrected chi connectivity index (χ0v) is 30.4. The molecule has 1 aliphatic rings. The summed E-state index contributed by atoms with van der Waals surface area (Å²) >= 11 is 0. The van der Waals surface area contributed by atoms with Gasteiger partial charge in [-0.2, -0.15) is 0 Å². The summed E-state index contributed by atoms with van der Waals surface area (Å²) in [5.41, 5.74) is 2.26. The molecule has 0 aromatic heterocycles. The smallest absolute Gasteiger partial charge is 1.00 e. The second-order valence-corrected chi connectivity index (χ2v) is 16.5. The number of rotatable bonds is 11. The van der Waals surface area contributed by atoms with Crippen LogP contribution in [-0.2, 0) is 31.9 Å². The Bertz CT molecular complexity index is 1320. The molecule has 4 nitrogen and oxygen atoms in total. The summed E-state index contributed by atoms with van der Waals surface area (Å²) in [6, 6.07) is 42.0. The molecule has 43 heavy (non-hydrogen) atoms. The van der Waals surface area contributed by atoms with Crippen LogP contribution in [0.25, 0.3) is 0 Å². The molecule has 0 spiro atoms. The van der Waals surface area contributed by atoms with Crippen molar-refractivity contribution in [3.05, 3.63) is 139 Å². The fourth-order valence-corrected chi connectivity index (χ4v) is 10.5. The summed E-state index contributed by atoms with van der Waals surface area (Å²) < 4.78 is 27.0. The molecular weight excluding hydrogens is 624 g/mol. The maximum absolute atomic E-state index is 7.29. The summed E-state index contributed by atoms with van der Waals surface area (Å²) in [6.07, 6.45) is -0.824. The molecule has 1 heterocycles. The predicted molar refractivity (Wildman–Crippen MR) is 179 cm³/mol. The average Bonchev–Trinajstić information content (AvgIpc) is 3.02. The molecule has 1 saturated heterocycles. The van der Waals surface area contributed by atoms with Crippen molar-refractivity contribution in [2.75, 3.05) is 6.61 Å². The Balaban J connectivity index is 0.00000264. The van der Waals surface area contributed by atoms with Crippen molar-refractivity contribution >= 4 is 64.2 Å². The van der Waals surface area contributed by atoms with Gasteiger partial charge < -0.3 is 20.1 Å². The third-order valence-electron chi connectivity index (χ3n) is 8.13. The van der Waals surface area contributed by atoms with Crippen molar-refractivity contribution in [3.63, 3.8) is 0 Å². The van der Waals surface area contributed by atoms with Crippen molar-refractivity contribution < 1.29 is 20.1 Å². The van der Waals surface area contributed by atoms with E-state index >= 15 is 0 Å². The monoisotopic (exact) mass is 668 g/mol. The van der Waals surface area contributed by atoms with Gasteiger partial charge in [-0.05, 0) is 26.5 Å². The van der Waals surface area contributed by atoms with E-state index in [1.807, 2.05) is 43.0 Å². The van der Waals surface area contributed by atoms with E-state index < -0.39 is 8.32 Å². The Morgan fingerprint density at radius 3 is 1.53 bits per heavy atom. The molecule has 0 saturated carbocycles. The molecule has 1 aliphatic heterocycles. The first-order valence-corrected chi connectivity index (χ1v) is 16.8. The van der Waals surface area contributed by atoms with Crippen molar-refractivity contribution in [1.29, 1.82) is 0 Å². The van der Waals surface area contributed by atoms with Gasteiger partial charge in [0.25, 0.3) is 8.32 Å². The standard InChI is InChI=1S/C37H43O4Si.Sr.H/c1-29-25-38-34(28-41-42(37(2,3)4,32-21-13-7-14-22-32)33-23-15-8-16-24-33)36(40-27-31-19-11-6-12-20-31)35(29)39-26-30-17-9-5-10-18-30;;/h5-25,29,34-36H,26-28H2,1-4H3;;/q-1;+2;-1/t29?,34?,35-,36+;;/m0../s1. The fourth-order valence-electron chi connectivity index (χ4n) is 5.98. The third-order valence-corrected chi connectivity index (χ3v) is 13.1. The fraction of sp³-hybridized carbons (Fsp3) is 0.324. The van der Waals surface area contributed by atoms with Crippen LogP contribution < -0.4 is 10.4 Å². The zero-order valence-electron chi connectivity index (χ0n) is 26.9. The van der Waals surface area contributed by atoms with Crippen molar-refractivity contribution in [3.8, 4) is 0 Å². The van der Waals surface area contributed by atoms with Gasteiger partial charge in [0.1, 0.15) is 6.10 Å². The molecule has 1 fully saturated rings. The summed E-state index contributed by atoms with van der Waals surface area (Å²) in [5.74, 6) is 0.0543. The Labute approximate surface area is 297 Å². The minimum atomic E-state index is -2.75. The quantitative estimate of drug-likeness (QED) is 0.132. The molecule has 4 atom stereocenters. The van der Waals surface area contributed by atoms with Gasteiger partial charge in [-0.25, -0.2) is 6.61 Å².